The zero-order valence-corrected chi connectivity index (χ0v) is 15.4. The van der Waals surface area contributed by atoms with Gasteiger partial charge in [0, 0.05) is 33.5 Å². The Morgan fingerprint density at radius 2 is 1.92 bits per heavy atom. The predicted molar refractivity (Wildman–Crippen MR) is 94.9 cm³/mol. The van der Waals surface area contributed by atoms with Crippen LogP contribution in [0.3, 0.4) is 0 Å². The monoisotopic (exact) mass is 387 g/mol. The maximum absolute atomic E-state index is 12.6. The number of aryl methyl sites for hydroxylation is 1. The molecule has 124 valence electrons. The normalized spacial score (nSPS) is 11.0. The summed E-state index contributed by atoms with van der Waals surface area (Å²) in [6, 6.07) is 9.57. The first-order valence-electron chi connectivity index (χ1n) is 7.73. The lowest BCUT2D eigenvalue weighted by atomic mass is 10.1. The molecule has 0 radical (unpaired) electrons. The fourth-order valence-corrected chi connectivity index (χ4v) is 3.07. The molecule has 3 rings (SSSR count). The fourth-order valence-electron chi connectivity index (χ4n) is 2.81. The summed E-state index contributed by atoms with van der Waals surface area (Å²) < 4.78 is 3.11. The Morgan fingerprint density at radius 3 is 2.54 bits per heavy atom. The number of nitrogens with zero attached hydrogens (tertiary/aromatic N) is 5. The number of rotatable bonds is 5. The molecule has 0 unspecified atom stereocenters. The molecule has 0 N–H and O–H groups in total. The van der Waals surface area contributed by atoms with Crippen molar-refractivity contribution in [3.05, 3.63) is 51.8 Å². The van der Waals surface area contributed by atoms with E-state index in [9.17, 15) is 4.79 Å². The van der Waals surface area contributed by atoms with Crippen LogP contribution in [0.4, 0.5) is 0 Å². The Hall–Kier alpha value is -2.28. The summed E-state index contributed by atoms with van der Waals surface area (Å²) >= 11 is 3.39. The molecule has 0 spiro atoms. The van der Waals surface area contributed by atoms with Crippen LogP contribution >= 0.6 is 15.9 Å². The van der Waals surface area contributed by atoms with E-state index in [4.69, 9.17) is 0 Å². The standard InChI is InChI=1S/C17H18BrN5O/c1-4-22-11(2)9-15(12(22)3)16(24)10-23-20-17(19-21-23)13-5-7-14(18)8-6-13/h5-9H,4,10H2,1-3H3. The van der Waals surface area contributed by atoms with Gasteiger partial charge < -0.3 is 4.57 Å². The molecule has 0 saturated carbocycles. The lowest BCUT2D eigenvalue weighted by molar-refractivity contribution is 0.0960. The number of carbonyl (C=O) groups excluding carboxylic acids is 1. The average Bonchev–Trinajstić information content (AvgIpc) is 3.12. The minimum Gasteiger partial charge on any atom is -0.349 e. The summed E-state index contributed by atoms with van der Waals surface area (Å²) in [7, 11) is 0. The van der Waals surface area contributed by atoms with E-state index >= 15 is 0 Å². The quantitative estimate of drug-likeness (QED) is 0.629. The molecule has 7 heteroatoms. The summed E-state index contributed by atoms with van der Waals surface area (Å²) in [5.74, 6) is 0.497. The summed E-state index contributed by atoms with van der Waals surface area (Å²) in [5, 5.41) is 12.3. The number of Topliss-reactive ketones (excluding diaryl/α,β-unsaturated/α-hetero) is 1. The fraction of sp³-hybridized carbons (Fsp3) is 0.294. The lowest BCUT2D eigenvalue weighted by Gasteiger charge is -2.05. The third-order valence-corrected chi connectivity index (χ3v) is 4.56. The van der Waals surface area contributed by atoms with Crippen molar-refractivity contribution < 1.29 is 4.79 Å². The second kappa shape index (κ2) is 6.68. The highest BCUT2D eigenvalue weighted by Crippen LogP contribution is 2.18. The second-order valence-corrected chi connectivity index (χ2v) is 6.52. The minimum absolute atomic E-state index is 0.0115. The van der Waals surface area contributed by atoms with Gasteiger partial charge in [-0.15, -0.1) is 10.2 Å². The van der Waals surface area contributed by atoms with E-state index in [1.54, 1.807) is 0 Å². The van der Waals surface area contributed by atoms with E-state index < -0.39 is 0 Å². The van der Waals surface area contributed by atoms with Gasteiger partial charge in [0.2, 0.25) is 5.82 Å². The van der Waals surface area contributed by atoms with Crippen LogP contribution in [0.1, 0.15) is 28.7 Å². The van der Waals surface area contributed by atoms with Gasteiger partial charge in [-0.05, 0) is 56.3 Å². The molecule has 0 atom stereocenters. The summed E-state index contributed by atoms with van der Waals surface area (Å²) in [6.45, 7) is 6.97. The number of ketones is 1. The zero-order valence-electron chi connectivity index (χ0n) is 13.8. The number of aromatic nitrogens is 5. The van der Waals surface area contributed by atoms with Crippen LogP contribution in [0.25, 0.3) is 11.4 Å². The largest absolute Gasteiger partial charge is 0.349 e. The number of halogens is 1. The van der Waals surface area contributed by atoms with Gasteiger partial charge in [-0.1, -0.05) is 15.9 Å². The molecule has 0 aliphatic heterocycles. The van der Waals surface area contributed by atoms with Gasteiger partial charge in [0.25, 0.3) is 0 Å². The van der Waals surface area contributed by atoms with Gasteiger partial charge in [-0.25, -0.2) is 0 Å². The molecule has 24 heavy (non-hydrogen) atoms. The third-order valence-electron chi connectivity index (χ3n) is 4.03. The van der Waals surface area contributed by atoms with Crippen molar-refractivity contribution in [1.82, 2.24) is 24.8 Å². The number of benzene rings is 1. The van der Waals surface area contributed by atoms with E-state index in [1.807, 2.05) is 44.2 Å². The van der Waals surface area contributed by atoms with Crippen molar-refractivity contribution >= 4 is 21.7 Å². The Kier molecular flexibility index (Phi) is 4.62. The van der Waals surface area contributed by atoms with E-state index in [0.29, 0.717) is 5.82 Å². The molecular formula is C17H18BrN5O. The first-order valence-corrected chi connectivity index (χ1v) is 8.52. The molecule has 6 nitrogen and oxygen atoms in total. The molecule has 0 saturated heterocycles. The number of hydrogen-bond acceptors (Lipinski definition) is 4. The van der Waals surface area contributed by atoms with E-state index in [-0.39, 0.29) is 12.3 Å². The highest BCUT2D eigenvalue weighted by Gasteiger charge is 2.17. The molecule has 2 heterocycles. The Balaban J connectivity index is 1.79. The van der Waals surface area contributed by atoms with E-state index in [2.05, 4.69) is 42.8 Å². The molecule has 3 aromatic rings. The van der Waals surface area contributed by atoms with Gasteiger partial charge in [-0.3, -0.25) is 4.79 Å². The maximum atomic E-state index is 12.6. The van der Waals surface area contributed by atoms with Crippen LogP contribution in [0, 0.1) is 13.8 Å². The van der Waals surface area contributed by atoms with Gasteiger partial charge in [0.15, 0.2) is 5.78 Å². The zero-order chi connectivity index (χ0) is 17.3. The van der Waals surface area contributed by atoms with Gasteiger partial charge in [-0.2, -0.15) is 4.80 Å². The van der Waals surface area contributed by atoms with Gasteiger partial charge >= 0.3 is 0 Å². The molecule has 0 amide bonds. The molecule has 2 aromatic heterocycles. The van der Waals surface area contributed by atoms with Crippen molar-refractivity contribution in [2.45, 2.75) is 33.9 Å². The van der Waals surface area contributed by atoms with E-state index in [1.165, 1.54) is 4.80 Å². The van der Waals surface area contributed by atoms with Crippen LogP contribution < -0.4 is 0 Å². The molecule has 0 fully saturated rings. The van der Waals surface area contributed by atoms with Crippen LogP contribution in [0.15, 0.2) is 34.8 Å². The second-order valence-electron chi connectivity index (χ2n) is 5.60. The highest BCUT2D eigenvalue weighted by molar-refractivity contribution is 9.10. The first kappa shape index (κ1) is 16.6. The molecular weight excluding hydrogens is 370 g/mol. The third kappa shape index (κ3) is 3.17. The maximum Gasteiger partial charge on any atom is 0.204 e. The van der Waals surface area contributed by atoms with Crippen molar-refractivity contribution in [2.75, 3.05) is 0 Å². The van der Waals surface area contributed by atoms with Crippen molar-refractivity contribution in [1.29, 1.82) is 0 Å². The van der Waals surface area contributed by atoms with Gasteiger partial charge in [0.05, 0.1) is 0 Å². The highest BCUT2D eigenvalue weighted by atomic mass is 79.9. The van der Waals surface area contributed by atoms with Crippen LogP contribution in [-0.4, -0.2) is 30.6 Å². The summed E-state index contributed by atoms with van der Waals surface area (Å²) in [6.07, 6.45) is 0. The molecule has 0 bridgehead atoms. The van der Waals surface area contributed by atoms with Gasteiger partial charge in [0.1, 0.15) is 6.54 Å². The Morgan fingerprint density at radius 1 is 1.21 bits per heavy atom. The van der Waals surface area contributed by atoms with Crippen molar-refractivity contribution in [2.24, 2.45) is 0 Å². The molecule has 0 aliphatic carbocycles. The lowest BCUT2D eigenvalue weighted by Crippen LogP contribution is -2.14. The number of tetrazole rings is 1. The topological polar surface area (TPSA) is 65.6 Å². The molecule has 0 aliphatic rings. The van der Waals surface area contributed by atoms with Crippen molar-refractivity contribution in [3.63, 3.8) is 0 Å². The number of hydrogen-bond donors (Lipinski definition) is 0. The minimum atomic E-state index is -0.0115. The Labute approximate surface area is 148 Å². The summed E-state index contributed by atoms with van der Waals surface area (Å²) in [4.78, 5) is 13.9. The smallest absolute Gasteiger partial charge is 0.204 e. The van der Waals surface area contributed by atoms with Crippen molar-refractivity contribution in [3.8, 4) is 11.4 Å². The van der Waals surface area contributed by atoms with Crippen LogP contribution in [-0.2, 0) is 13.1 Å². The number of carbonyl (C=O) groups is 1. The first-order chi connectivity index (χ1) is 11.5. The van der Waals surface area contributed by atoms with Crippen LogP contribution in [0.2, 0.25) is 0 Å². The van der Waals surface area contributed by atoms with Crippen LogP contribution in [0.5, 0.6) is 0 Å². The SMILES string of the molecule is CCn1c(C)cc(C(=O)Cn2nnc(-c3ccc(Br)cc3)n2)c1C. The summed E-state index contributed by atoms with van der Waals surface area (Å²) in [5.41, 5.74) is 3.65. The average molecular weight is 388 g/mol. The molecule has 1 aromatic carbocycles. The predicted octanol–water partition coefficient (Wildman–Crippen LogP) is 3.42. The Bertz CT molecular complexity index is 879. The van der Waals surface area contributed by atoms with E-state index in [0.717, 1.165) is 33.5 Å².